The van der Waals surface area contributed by atoms with Gasteiger partial charge in [0.15, 0.2) is 0 Å². The highest BCUT2D eigenvalue weighted by molar-refractivity contribution is 5.85. The van der Waals surface area contributed by atoms with E-state index in [0.29, 0.717) is 12.0 Å². The van der Waals surface area contributed by atoms with Crippen molar-refractivity contribution in [1.29, 1.82) is 0 Å². The lowest BCUT2D eigenvalue weighted by Crippen LogP contribution is -2.38. The number of para-hydroxylation sites is 1. The van der Waals surface area contributed by atoms with Gasteiger partial charge in [-0.3, -0.25) is 14.4 Å². The molecule has 0 spiro atoms. The highest BCUT2D eigenvalue weighted by Gasteiger charge is 2.23. The van der Waals surface area contributed by atoms with Gasteiger partial charge in [-0.2, -0.15) is 0 Å². The molecule has 6 heteroatoms. The van der Waals surface area contributed by atoms with Gasteiger partial charge in [0.2, 0.25) is 11.8 Å². The van der Waals surface area contributed by atoms with E-state index >= 15 is 0 Å². The van der Waals surface area contributed by atoms with Crippen molar-refractivity contribution in [2.45, 2.75) is 31.7 Å². The molecule has 1 aromatic heterocycles. The molecule has 23 heavy (non-hydrogen) atoms. The average molecular weight is 313 g/mol. The summed E-state index contributed by atoms with van der Waals surface area (Å²) in [7, 11) is 0. The zero-order chi connectivity index (χ0) is 16.2. The molecule has 0 atom stereocenters. The molecular formula is C17H19N3O3. The number of benzene rings is 1. The van der Waals surface area contributed by atoms with Gasteiger partial charge in [-0.05, 0) is 36.8 Å². The fraction of sp³-hybridized carbons (Fsp3) is 0.353. The maximum absolute atomic E-state index is 12.0. The van der Waals surface area contributed by atoms with E-state index < -0.39 is 0 Å². The Kier molecular flexibility index (Phi) is 4.41. The number of rotatable bonds is 6. The fourth-order valence-corrected chi connectivity index (χ4v) is 2.40. The van der Waals surface area contributed by atoms with Gasteiger partial charge in [-0.25, -0.2) is 0 Å². The Labute approximate surface area is 133 Å². The van der Waals surface area contributed by atoms with Gasteiger partial charge >= 0.3 is 0 Å². The molecule has 1 heterocycles. The maximum Gasteiger partial charge on any atom is 0.251 e. The molecule has 3 rings (SSSR count). The van der Waals surface area contributed by atoms with Crippen molar-refractivity contribution < 1.29 is 9.59 Å². The van der Waals surface area contributed by atoms with Crippen LogP contribution in [0.1, 0.15) is 24.8 Å². The number of amides is 2. The van der Waals surface area contributed by atoms with Gasteiger partial charge in [0.05, 0.1) is 6.54 Å². The lowest BCUT2D eigenvalue weighted by Gasteiger charge is -2.06. The summed E-state index contributed by atoms with van der Waals surface area (Å²) in [6.07, 6.45) is 2.56. The van der Waals surface area contributed by atoms with Crippen LogP contribution in [0.5, 0.6) is 0 Å². The summed E-state index contributed by atoms with van der Waals surface area (Å²) in [5.41, 5.74) is 1.17. The van der Waals surface area contributed by atoms with Crippen LogP contribution < -0.4 is 16.2 Å². The molecule has 0 radical (unpaired) electrons. The summed E-state index contributed by atoms with van der Waals surface area (Å²) in [5, 5.41) is 6.32. The number of carbonyl (C=O) groups excluding carboxylic acids is 2. The topological polar surface area (TPSA) is 91.1 Å². The minimum atomic E-state index is -0.233. The van der Waals surface area contributed by atoms with E-state index in [1.54, 1.807) is 6.07 Å². The van der Waals surface area contributed by atoms with E-state index in [2.05, 4.69) is 15.6 Å². The summed E-state index contributed by atoms with van der Waals surface area (Å²) < 4.78 is 0. The molecule has 120 valence electrons. The number of pyridine rings is 1. The Morgan fingerprint density at radius 2 is 1.96 bits per heavy atom. The first-order valence-corrected chi connectivity index (χ1v) is 7.79. The minimum absolute atomic E-state index is 0.0105. The molecule has 2 amide bonds. The Morgan fingerprint density at radius 3 is 2.74 bits per heavy atom. The second-order valence-corrected chi connectivity index (χ2v) is 5.83. The molecule has 2 aromatic rings. The number of hydrogen-bond acceptors (Lipinski definition) is 3. The number of hydrogen-bond donors (Lipinski definition) is 3. The predicted molar refractivity (Wildman–Crippen MR) is 87.1 cm³/mol. The highest BCUT2D eigenvalue weighted by atomic mass is 16.2. The van der Waals surface area contributed by atoms with Crippen molar-refractivity contribution >= 4 is 22.7 Å². The van der Waals surface area contributed by atoms with E-state index in [0.717, 1.165) is 23.7 Å². The maximum atomic E-state index is 12.0. The minimum Gasteiger partial charge on any atom is -0.352 e. The second-order valence-electron chi connectivity index (χ2n) is 5.83. The van der Waals surface area contributed by atoms with Crippen LogP contribution in [0.2, 0.25) is 0 Å². The molecule has 1 aliphatic rings. The van der Waals surface area contributed by atoms with Gasteiger partial charge in [0, 0.05) is 23.5 Å². The Morgan fingerprint density at radius 1 is 1.17 bits per heavy atom. The summed E-state index contributed by atoms with van der Waals surface area (Å²) in [6.45, 7) is -0.0105. The van der Waals surface area contributed by atoms with E-state index in [9.17, 15) is 14.4 Å². The zero-order valence-corrected chi connectivity index (χ0v) is 12.7. The molecule has 1 saturated carbocycles. The van der Waals surface area contributed by atoms with Crippen molar-refractivity contribution in [1.82, 2.24) is 15.6 Å². The van der Waals surface area contributed by atoms with Crippen LogP contribution in [0, 0.1) is 0 Å². The van der Waals surface area contributed by atoms with Crippen LogP contribution in [-0.4, -0.2) is 29.4 Å². The predicted octanol–water partition coefficient (Wildman–Crippen LogP) is 0.855. The first-order valence-electron chi connectivity index (χ1n) is 7.79. The monoisotopic (exact) mass is 313 g/mol. The summed E-state index contributed by atoms with van der Waals surface area (Å²) in [6, 6.07) is 9.60. The number of aromatic amines is 1. The first-order chi connectivity index (χ1) is 11.1. The Bertz CT molecular complexity index is 793. The Balaban J connectivity index is 1.53. The lowest BCUT2D eigenvalue weighted by atomic mass is 10.1. The zero-order valence-electron chi connectivity index (χ0n) is 12.7. The SMILES string of the molecule is O=C(CCc1cc2ccccc2[nH]c1=O)NCC(=O)NC1CC1. The van der Waals surface area contributed by atoms with Crippen molar-refractivity contribution in [2.75, 3.05) is 6.54 Å². The third-order valence-electron chi connectivity index (χ3n) is 3.84. The van der Waals surface area contributed by atoms with Gasteiger partial charge in [-0.1, -0.05) is 18.2 Å². The van der Waals surface area contributed by atoms with Crippen molar-refractivity contribution in [3.63, 3.8) is 0 Å². The molecule has 1 fully saturated rings. The van der Waals surface area contributed by atoms with Gasteiger partial charge in [0.1, 0.15) is 0 Å². The molecule has 0 unspecified atom stereocenters. The molecule has 0 saturated heterocycles. The van der Waals surface area contributed by atoms with E-state index in [1.807, 2.05) is 24.3 Å². The van der Waals surface area contributed by atoms with Crippen LogP contribution in [0.3, 0.4) is 0 Å². The third kappa shape index (κ3) is 4.18. The highest BCUT2D eigenvalue weighted by Crippen LogP contribution is 2.18. The van der Waals surface area contributed by atoms with Crippen molar-refractivity contribution in [3.05, 3.63) is 46.2 Å². The van der Waals surface area contributed by atoms with Crippen LogP contribution >= 0.6 is 0 Å². The van der Waals surface area contributed by atoms with Gasteiger partial charge in [0.25, 0.3) is 5.56 Å². The fourth-order valence-electron chi connectivity index (χ4n) is 2.40. The molecular weight excluding hydrogens is 294 g/mol. The number of aromatic nitrogens is 1. The molecule has 0 aliphatic heterocycles. The van der Waals surface area contributed by atoms with E-state index in [1.165, 1.54) is 0 Å². The van der Waals surface area contributed by atoms with Gasteiger partial charge in [-0.15, -0.1) is 0 Å². The molecule has 0 bridgehead atoms. The summed E-state index contributed by atoms with van der Waals surface area (Å²) in [5.74, 6) is -0.395. The molecule has 1 aromatic carbocycles. The van der Waals surface area contributed by atoms with Crippen LogP contribution in [0.4, 0.5) is 0 Å². The van der Waals surface area contributed by atoms with E-state index in [-0.39, 0.29) is 36.4 Å². The van der Waals surface area contributed by atoms with Crippen molar-refractivity contribution in [2.24, 2.45) is 0 Å². The average Bonchev–Trinajstić information content (AvgIpc) is 3.34. The third-order valence-corrected chi connectivity index (χ3v) is 3.84. The van der Waals surface area contributed by atoms with Gasteiger partial charge < -0.3 is 15.6 Å². The number of H-pyrrole nitrogens is 1. The van der Waals surface area contributed by atoms with Crippen LogP contribution in [0.25, 0.3) is 10.9 Å². The number of carbonyl (C=O) groups is 2. The number of fused-ring (bicyclic) bond motifs is 1. The molecule has 1 aliphatic carbocycles. The number of aryl methyl sites for hydroxylation is 1. The van der Waals surface area contributed by atoms with Crippen LogP contribution in [-0.2, 0) is 16.0 Å². The Hall–Kier alpha value is -2.63. The quantitative estimate of drug-likeness (QED) is 0.738. The first kappa shape index (κ1) is 15.3. The molecule has 6 nitrogen and oxygen atoms in total. The standard InChI is InChI=1S/C17H19N3O3/c21-15(18-10-16(22)19-13-6-7-13)8-5-12-9-11-3-1-2-4-14(11)20-17(12)23/h1-4,9,13H,5-8,10H2,(H,18,21)(H,19,22)(H,20,23). The normalized spacial score (nSPS) is 13.7. The summed E-state index contributed by atoms with van der Waals surface area (Å²) in [4.78, 5) is 38.1. The molecule has 3 N–H and O–H groups in total. The second kappa shape index (κ2) is 6.64. The van der Waals surface area contributed by atoms with Crippen LogP contribution in [0.15, 0.2) is 35.1 Å². The van der Waals surface area contributed by atoms with Crippen molar-refractivity contribution in [3.8, 4) is 0 Å². The smallest absolute Gasteiger partial charge is 0.251 e. The lowest BCUT2D eigenvalue weighted by molar-refractivity contribution is -0.126. The summed E-state index contributed by atoms with van der Waals surface area (Å²) >= 11 is 0. The number of nitrogens with one attached hydrogen (secondary N) is 3. The van der Waals surface area contributed by atoms with E-state index in [4.69, 9.17) is 0 Å². The largest absolute Gasteiger partial charge is 0.352 e.